The van der Waals surface area contributed by atoms with Crippen LogP contribution in [-0.2, 0) is 4.79 Å². The zero-order valence-electron chi connectivity index (χ0n) is 12.1. The summed E-state index contributed by atoms with van der Waals surface area (Å²) in [6.45, 7) is 8.22. The van der Waals surface area contributed by atoms with Gasteiger partial charge in [-0.15, -0.1) is 0 Å². The molecule has 0 bridgehead atoms. The van der Waals surface area contributed by atoms with E-state index in [1.807, 2.05) is 38.2 Å². The van der Waals surface area contributed by atoms with Gasteiger partial charge in [0, 0.05) is 11.5 Å². The lowest BCUT2D eigenvalue weighted by atomic mass is 9.91. The van der Waals surface area contributed by atoms with Gasteiger partial charge in [0.2, 0.25) is 5.91 Å². The van der Waals surface area contributed by atoms with Gasteiger partial charge < -0.3 is 4.90 Å². The molecule has 0 heterocycles. The minimum Gasteiger partial charge on any atom is -0.338 e. The summed E-state index contributed by atoms with van der Waals surface area (Å²) < 4.78 is 1.05. The normalized spacial score (nSPS) is 14.9. The summed E-state index contributed by atoms with van der Waals surface area (Å²) in [5.74, 6) is 0.114. The van der Waals surface area contributed by atoms with E-state index < -0.39 is 0 Å². The third kappa shape index (κ3) is 4.32. The zero-order valence-corrected chi connectivity index (χ0v) is 15.2. The lowest BCUT2D eigenvalue weighted by molar-refractivity contribution is -0.132. The molecule has 19 heavy (non-hydrogen) atoms. The van der Waals surface area contributed by atoms with Crippen molar-refractivity contribution in [3.8, 4) is 0 Å². The number of carbonyl (C=O) groups excluding carboxylic acids is 1. The first-order chi connectivity index (χ1) is 8.64. The van der Waals surface area contributed by atoms with Crippen LogP contribution in [-0.4, -0.2) is 22.7 Å². The van der Waals surface area contributed by atoms with Gasteiger partial charge >= 0.3 is 0 Å². The van der Waals surface area contributed by atoms with Gasteiger partial charge in [-0.3, -0.25) is 4.79 Å². The van der Waals surface area contributed by atoms with Gasteiger partial charge in [0.15, 0.2) is 0 Å². The van der Waals surface area contributed by atoms with Gasteiger partial charge in [-0.2, -0.15) is 0 Å². The van der Waals surface area contributed by atoms with Crippen molar-refractivity contribution in [2.45, 2.75) is 38.6 Å². The Morgan fingerprint density at radius 1 is 1.21 bits per heavy atom. The molecule has 0 saturated heterocycles. The average Bonchev–Trinajstić information content (AvgIpc) is 2.35. The van der Waals surface area contributed by atoms with Gasteiger partial charge in [-0.1, -0.05) is 64.8 Å². The molecule has 1 aromatic rings. The molecule has 0 N–H and O–H groups in total. The Morgan fingerprint density at radius 2 is 1.68 bits per heavy atom. The summed E-state index contributed by atoms with van der Waals surface area (Å²) in [4.78, 5) is 14.1. The number of amides is 1. The van der Waals surface area contributed by atoms with E-state index in [1.54, 1.807) is 4.90 Å². The average molecular weight is 391 g/mol. The molecule has 0 aliphatic rings. The van der Waals surface area contributed by atoms with E-state index in [9.17, 15) is 4.79 Å². The molecule has 1 rings (SSSR count). The molecule has 1 aromatic carbocycles. The highest BCUT2D eigenvalue weighted by Gasteiger charge is 2.32. The third-order valence-electron chi connectivity index (χ3n) is 3.26. The first-order valence-corrected chi connectivity index (χ1v) is 8.01. The highest BCUT2D eigenvalue weighted by atomic mass is 79.9. The SMILES string of the molecule is CC(c1ccc(Br)cc1)N(C)C(=O)C(Br)C(C)(C)C. The van der Waals surface area contributed by atoms with Crippen molar-refractivity contribution in [3.05, 3.63) is 34.3 Å². The Balaban J connectivity index is 2.85. The zero-order chi connectivity index (χ0) is 14.8. The molecule has 2 nitrogen and oxygen atoms in total. The van der Waals surface area contributed by atoms with Crippen LogP contribution in [0.15, 0.2) is 28.7 Å². The second-order valence-electron chi connectivity index (χ2n) is 5.91. The molecular formula is C15H21Br2NO. The van der Waals surface area contributed by atoms with Crippen LogP contribution in [0, 0.1) is 5.41 Å². The van der Waals surface area contributed by atoms with Crippen LogP contribution in [0.5, 0.6) is 0 Å². The van der Waals surface area contributed by atoms with E-state index in [-0.39, 0.29) is 22.2 Å². The van der Waals surface area contributed by atoms with Crippen molar-refractivity contribution in [2.75, 3.05) is 7.05 Å². The Kier molecular flexibility index (Phi) is 5.63. The van der Waals surface area contributed by atoms with Crippen molar-refractivity contribution >= 4 is 37.8 Å². The summed E-state index contributed by atoms with van der Waals surface area (Å²) in [5, 5.41) is 0. The molecule has 1 amide bonds. The van der Waals surface area contributed by atoms with Crippen molar-refractivity contribution in [3.63, 3.8) is 0 Å². The topological polar surface area (TPSA) is 20.3 Å². The Hall–Kier alpha value is -0.350. The lowest BCUT2D eigenvalue weighted by Crippen LogP contribution is -2.41. The highest BCUT2D eigenvalue weighted by molar-refractivity contribution is 9.10. The summed E-state index contributed by atoms with van der Waals surface area (Å²) in [5.41, 5.74) is 1.04. The monoisotopic (exact) mass is 389 g/mol. The molecule has 0 saturated carbocycles. The van der Waals surface area contributed by atoms with E-state index in [0.717, 1.165) is 10.0 Å². The molecule has 2 unspecified atom stereocenters. The minimum absolute atomic E-state index is 0.0583. The van der Waals surface area contributed by atoms with Gasteiger partial charge in [0.05, 0.1) is 10.9 Å². The fraction of sp³-hybridized carbons (Fsp3) is 0.533. The second kappa shape index (κ2) is 6.40. The molecule has 0 radical (unpaired) electrons. The first-order valence-electron chi connectivity index (χ1n) is 6.31. The lowest BCUT2D eigenvalue weighted by Gasteiger charge is -2.32. The van der Waals surface area contributed by atoms with E-state index in [2.05, 4.69) is 52.6 Å². The Bertz CT molecular complexity index is 436. The van der Waals surface area contributed by atoms with Gasteiger partial charge in [0.25, 0.3) is 0 Å². The Morgan fingerprint density at radius 3 is 2.11 bits per heavy atom. The largest absolute Gasteiger partial charge is 0.338 e. The van der Waals surface area contributed by atoms with Crippen LogP contribution in [0.25, 0.3) is 0 Å². The maximum Gasteiger partial charge on any atom is 0.237 e. The number of hydrogen-bond acceptors (Lipinski definition) is 1. The van der Waals surface area contributed by atoms with E-state index in [4.69, 9.17) is 0 Å². The number of carbonyl (C=O) groups is 1. The maximum atomic E-state index is 12.4. The number of nitrogens with zero attached hydrogens (tertiary/aromatic N) is 1. The predicted octanol–water partition coefficient (Wildman–Crippen LogP) is 4.78. The summed E-state index contributed by atoms with van der Waals surface area (Å²) in [7, 11) is 1.86. The molecule has 0 aliphatic carbocycles. The van der Waals surface area contributed by atoms with Crippen molar-refractivity contribution in [1.82, 2.24) is 4.90 Å². The first kappa shape index (κ1) is 16.7. The number of benzene rings is 1. The third-order valence-corrected chi connectivity index (χ3v) is 5.55. The summed E-state index contributed by atoms with van der Waals surface area (Å²) >= 11 is 6.94. The predicted molar refractivity (Wildman–Crippen MR) is 87.5 cm³/mol. The molecule has 0 aliphatic heterocycles. The van der Waals surface area contributed by atoms with Crippen molar-refractivity contribution < 1.29 is 4.79 Å². The van der Waals surface area contributed by atoms with E-state index in [0.29, 0.717) is 0 Å². The van der Waals surface area contributed by atoms with Crippen LogP contribution in [0.4, 0.5) is 0 Å². The van der Waals surface area contributed by atoms with Gasteiger partial charge in [-0.25, -0.2) is 0 Å². The van der Waals surface area contributed by atoms with Crippen LogP contribution < -0.4 is 0 Å². The molecular weight excluding hydrogens is 370 g/mol. The van der Waals surface area contributed by atoms with Crippen LogP contribution in [0.3, 0.4) is 0 Å². The minimum atomic E-state index is -0.178. The highest BCUT2D eigenvalue weighted by Crippen LogP contribution is 2.30. The number of hydrogen-bond donors (Lipinski definition) is 0. The standard InChI is InChI=1S/C15H21Br2NO/c1-10(11-6-8-12(16)9-7-11)18(5)14(19)13(17)15(2,3)4/h6-10,13H,1-5H3. The summed E-state index contributed by atoms with van der Waals surface area (Å²) in [6, 6.07) is 8.14. The van der Waals surface area contributed by atoms with Crippen molar-refractivity contribution in [2.24, 2.45) is 5.41 Å². The summed E-state index contributed by atoms with van der Waals surface area (Å²) in [6.07, 6.45) is 0. The number of alkyl halides is 1. The number of rotatable bonds is 3. The number of halogens is 2. The fourth-order valence-corrected chi connectivity index (χ4v) is 2.29. The quantitative estimate of drug-likeness (QED) is 0.680. The Labute approximate surface area is 132 Å². The van der Waals surface area contributed by atoms with E-state index in [1.165, 1.54) is 0 Å². The van der Waals surface area contributed by atoms with Crippen molar-refractivity contribution in [1.29, 1.82) is 0 Å². The molecule has 0 spiro atoms. The van der Waals surface area contributed by atoms with Crippen LogP contribution >= 0.6 is 31.9 Å². The molecule has 0 aromatic heterocycles. The molecule has 106 valence electrons. The van der Waals surface area contributed by atoms with Gasteiger partial charge in [0.1, 0.15) is 0 Å². The van der Waals surface area contributed by atoms with Gasteiger partial charge in [-0.05, 0) is 30.0 Å². The van der Waals surface area contributed by atoms with Crippen LogP contribution in [0.1, 0.15) is 39.3 Å². The van der Waals surface area contributed by atoms with Crippen LogP contribution in [0.2, 0.25) is 0 Å². The van der Waals surface area contributed by atoms with E-state index >= 15 is 0 Å². The fourth-order valence-electron chi connectivity index (χ4n) is 1.70. The molecule has 0 fully saturated rings. The molecule has 4 heteroatoms. The molecule has 2 atom stereocenters. The second-order valence-corrected chi connectivity index (χ2v) is 7.74. The smallest absolute Gasteiger partial charge is 0.237 e. The maximum absolute atomic E-state index is 12.4.